The average molecular weight is 502 g/mol. The fourth-order valence-corrected chi connectivity index (χ4v) is 4.59. The Morgan fingerprint density at radius 2 is 1.73 bits per heavy atom. The van der Waals surface area contributed by atoms with Crippen LogP contribution in [-0.4, -0.2) is 19.1 Å². The molecule has 0 aliphatic carbocycles. The van der Waals surface area contributed by atoms with Crippen LogP contribution in [-0.2, 0) is 0 Å². The Hall–Kier alpha value is -4.13. The minimum Gasteiger partial charge on any atom is -0.490 e. The smallest absolute Gasteiger partial charge is 0.295 e. The lowest BCUT2D eigenvalue weighted by atomic mass is 9.97. The molecule has 1 aliphatic rings. The molecule has 190 valence electrons. The van der Waals surface area contributed by atoms with Crippen molar-refractivity contribution in [3.8, 4) is 11.5 Å². The molecule has 5 rings (SSSR count). The molecular formula is C30H28FNO5. The van der Waals surface area contributed by atoms with Gasteiger partial charge >= 0.3 is 0 Å². The Balaban J connectivity index is 1.67. The van der Waals surface area contributed by atoms with Gasteiger partial charge in [0.25, 0.3) is 5.91 Å². The molecule has 0 bridgehead atoms. The topological polar surface area (TPSA) is 69.0 Å². The zero-order valence-electron chi connectivity index (χ0n) is 21.0. The van der Waals surface area contributed by atoms with Crippen LogP contribution in [0.25, 0.3) is 11.0 Å². The summed E-state index contributed by atoms with van der Waals surface area (Å²) in [5.74, 6) is 0.696. The maximum Gasteiger partial charge on any atom is 0.295 e. The maximum atomic E-state index is 13.7. The SMILES string of the molecule is CCOc1cc(C2c3c(oc4ccccc4c3=O)C(=O)N2c2ccc(F)cc2)ccc1OCCC(C)C. The summed E-state index contributed by atoms with van der Waals surface area (Å²) in [6.45, 7) is 7.09. The zero-order valence-corrected chi connectivity index (χ0v) is 21.0. The molecule has 4 aromatic rings. The van der Waals surface area contributed by atoms with E-state index in [9.17, 15) is 14.0 Å². The second-order valence-electron chi connectivity index (χ2n) is 9.39. The van der Waals surface area contributed by atoms with Crippen molar-refractivity contribution in [3.63, 3.8) is 0 Å². The van der Waals surface area contributed by atoms with Crippen LogP contribution in [0, 0.1) is 11.7 Å². The number of carbonyl (C=O) groups is 1. The molecular weight excluding hydrogens is 473 g/mol. The lowest BCUT2D eigenvalue weighted by Gasteiger charge is -2.26. The molecule has 1 aromatic heterocycles. The summed E-state index contributed by atoms with van der Waals surface area (Å²) < 4.78 is 31.6. The number of fused-ring (bicyclic) bond motifs is 2. The normalized spacial score (nSPS) is 14.9. The summed E-state index contributed by atoms with van der Waals surface area (Å²) in [5, 5.41) is 0.388. The Kier molecular flexibility index (Phi) is 6.70. The minimum absolute atomic E-state index is 0.0201. The fourth-order valence-electron chi connectivity index (χ4n) is 4.59. The van der Waals surface area contributed by atoms with Crippen molar-refractivity contribution in [2.45, 2.75) is 33.2 Å². The van der Waals surface area contributed by atoms with Crippen LogP contribution in [0.1, 0.15) is 54.9 Å². The first-order chi connectivity index (χ1) is 17.9. The molecule has 0 spiro atoms. The van der Waals surface area contributed by atoms with Gasteiger partial charge in [0.05, 0.1) is 30.2 Å². The lowest BCUT2D eigenvalue weighted by molar-refractivity contribution is 0.0971. The molecule has 7 heteroatoms. The molecule has 3 aromatic carbocycles. The third kappa shape index (κ3) is 4.57. The van der Waals surface area contributed by atoms with E-state index in [0.29, 0.717) is 52.9 Å². The molecule has 0 saturated carbocycles. The van der Waals surface area contributed by atoms with Gasteiger partial charge in [0.1, 0.15) is 11.4 Å². The van der Waals surface area contributed by atoms with Crippen LogP contribution in [0.15, 0.2) is 75.9 Å². The highest BCUT2D eigenvalue weighted by atomic mass is 19.1. The number of ether oxygens (including phenoxy) is 2. The van der Waals surface area contributed by atoms with Crippen LogP contribution in [0.5, 0.6) is 11.5 Å². The van der Waals surface area contributed by atoms with E-state index in [1.165, 1.54) is 29.2 Å². The van der Waals surface area contributed by atoms with E-state index >= 15 is 0 Å². The second kappa shape index (κ2) is 10.1. The van der Waals surface area contributed by atoms with Gasteiger partial charge in [-0.25, -0.2) is 4.39 Å². The fraction of sp³-hybridized carbons (Fsp3) is 0.267. The Morgan fingerprint density at radius 1 is 0.973 bits per heavy atom. The third-order valence-corrected chi connectivity index (χ3v) is 6.42. The summed E-state index contributed by atoms with van der Waals surface area (Å²) in [4.78, 5) is 28.9. The van der Waals surface area contributed by atoms with E-state index in [4.69, 9.17) is 13.9 Å². The molecule has 6 nitrogen and oxygen atoms in total. The van der Waals surface area contributed by atoms with Gasteiger partial charge in [-0.3, -0.25) is 14.5 Å². The van der Waals surface area contributed by atoms with E-state index in [2.05, 4.69) is 13.8 Å². The number of halogens is 1. The summed E-state index contributed by atoms with van der Waals surface area (Å²) in [5.41, 5.74) is 1.39. The highest BCUT2D eigenvalue weighted by Gasteiger charge is 2.44. The monoisotopic (exact) mass is 501 g/mol. The molecule has 0 fully saturated rings. The van der Waals surface area contributed by atoms with Gasteiger partial charge < -0.3 is 13.9 Å². The molecule has 2 heterocycles. The second-order valence-corrected chi connectivity index (χ2v) is 9.39. The van der Waals surface area contributed by atoms with Crippen LogP contribution < -0.4 is 19.8 Å². The summed E-state index contributed by atoms with van der Waals surface area (Å²) in [7, 11) is 0. The minimum atomic E-state index is -0.794. The van der Waals surface area contributed by atoms with E-state index < -0.39 is 17.8 Å². The van der Waals surface area contributed by atoms with Gasteiger partial charge in [-0.2, -0.15) is 0 Å². The van der Waals surface area contributed by atoms with Crippen molar-refractivity contribution in [2.24, 2.45) is 5.92 Å². The highest BCUT2D eigenvalue weighted by molar-refractivity contribution is 6.10. The standard InChI is InChI=1S/C30H28FNO5/c1-4-35-25-17-19(9-14-24(25)36-16-15-18(2)3)27-26-28(33)22-7-5-6-8-23(22)37-29(26)30(34)32(27)21-12-10-20(31)11-13-21/h5-14,17-18,27H,4,15-16H2,1-3H3. The van der Waals surface area contributed by atoms with Gasteiger partial charge in [0.2, 0.25) is 5.76 Å². The molecule has 37 heavy (non-hydrogen) atoms. The van der Waals surface area contributed by atoms with Gasteiger partial charge in [-0.15, -0.1) is 0 Å². The molecule has 0 radical (unpaired) electrons. The van der Waals surface area contributed by atoms with E-state index in [1.54, 1.807) is 36.4 Å². The number of para-hydroxylation sites is 1. The number of rotatable bonds is 8. The Labute approximate surface area is 214 Å². The highest BCUT2D eigenvalue weighted by Crippen LogP contribution is 2.43. The van der Waals surface area contributed by atoms with Crippen molar-refractivity contribution < 1.29 is 23.1 Å². The number of benzene rings is 3. The van der Waals surface area contributed by atoms with Crippen LogP contribution in [0.3, 0.4) is 0 Å². The Morgan fingerprint density at radius 3 is 2.46 bits per heavy atom. The van der Waals surface area contributed by atoms with Gasteiger partial charge in [-0.1, -0.05) is 32.0 Å². The van der Waals surface area contributed by atoms with Crippen molar-refractivity contribution in [1.82, 2.24) is 0 Å². The molecule has 0 saturated heterocycles. The van der Waals surface area contributed by atoms with E-state index in [1.807, 2.05) is 13.0 Å². The largest absolute Gasteiger partial charge is 0.490 e. The van der Waals surface area contributed by atoms with Gasteiger partial charge in [-0.05, 0) is 73.4 Å². The summed E-state index contributed by atoms with van der Waals surface area (Å²) >= 11 is 0. The van der Waals surface area contributed by atoms with E-state index in [0.717, 1.165) is 6.42 Å². The van der Waals surface area contributed by atoms with Gasteiger partial charge in [0.15, 0.2) is 16.9 Å². The molecule has 1 atom stereocenters. The van der Waals surface area contributed by atoms with Crippen molar-refractivity contribution in [3.05, 3.63) is 99.7 Å². The first-order valence-electron chi connectivity index (χ1n) is 12.4. The number of amides is 1. The van der Waals surface area contributed by atoms with Crippen molar-refractivity contribution in [2.75, 3.05) is 18.1 Å². The summed E-state index contributed by atoms with van der Waals surface area (Å²) in [6, 6.07) is 17.1. The maximum absolute atomic E-state index is 13.7. The van der Waals surface area contributed by atoms with Crippen LogP contribution in [0.2, 0.25) is 0 Å². The Bertz CT molecular complexity index is 1510. The van der Waals surface area contributed by atoms with Gasteiger partial charge in [0, 0.05) is 5.69 Å². The predicted molar refractivity (Wildman–Crippen MR) is 140 cm³/mol. The number of nitrogens with zero attached hydrogens (tertiary/aromatic N) is 1. The molecule has 1 aliphatic heterocycles. The van der Waals surface area contributed by atoms with Crippen LogP contribution in [0.4, 0.5) is 10.1 Å². The number of hydrogen-bond donors (Lipinski definition) is 0. The number of hydrogen-bond acceptors (Lipinski definition) is 5. The molecule has 1 unspecified atom stereocenters. The molecule has 0 N–H and O–H groups in total. The lowest BCUT2D eigenvalue weighted by Crippen LogP contribution is -2.29. The first kappa shape index (κ1) is 24.6. The van der Waals surface area contributed by atoms with E-state index in [-0.39, 0.29) is 16.8 Å². The molecule has 1 amide bonds. The van der Waals surface area contributed by atoms with Crippen LogP contribution >= 0.6 is 0 Å². The first-order valence-corrected chi connectivity index (χ1v) is 12.4. The zero-order chi connectivity index (χ0) is 26.1. The number of carbonyl (C=O) groups excluding carboxylic acids is 1. The summed E-state index contributed by atoms with van der Waals surface area (Å²) in [6.07, 6.45) is 0.893. The quantitative estimate of drug-likeness (QED) is 0.275. The third-order valence-electron chi connectivity index (χ3n) is 6.42. The number of anilines is 1. The van der Waals surface area contributed by atoms with Crippen molar-refractivity contribution in [1.29, 1.82) is 0 Å². The predicted octanol–water partition coefficient (Wildman–Crippen LogP) is 6.51. The average Bonchev–Trinajstić information content (AvgIpc) is 3.18. The van der Waals surface area contributed by atoms with Crippen molar-refractivity contribution >= 4 is 22.6 Å².